The molecule has 0 fully saturated rings. The Balaban J connectivity index is 0.000000289. The summed E-state index contributed by atoms with van der Waals surface area (Å²) in [5, 5.41) is 10.2. The lowest BCUT2D eigenvalue weighted by Crippen LogP contribution is -2.81. The number of benzene rings is 6. The largest absolute Gasteiger partial charge is 0.417 e. The summed E-state index contributed by atoms with van der Waals surface area (Å²) in [5.74, 6) is -70.7. The number of ether oxygens (including phenoxy) is 1. The number of pyridine rings is 1. The quantitative estimate of drug-likeness (QED) is 0.0416. The Morgan fingerprint density at radius 1 is 0.354 bits per heavy atom. The lowest BCUT2D eigenvalue weighted by molar-refractivity contribution is -0.668. The number of hydrogen-bond acceptors (Lipinski definition) is 2. The predicted octanol–water partition coefficient (Wildman–Crippen LogP) is 8.35. The number of para-hydroxylation sites is 1. The van der Waals surface area contributed by atoms with Crippen molar-refractivity contribution in [1.82, 2.24) is 0 Å². The number of halogens is 20. The van der Waals surface area contributed by atoms with Crippen LogP contribution in [0.4, 0.5) is 87.8 Å². The molecule has 1 aromatic heterocycles. The van der Waals surface area contributed by atoms with E-state index in [0.29, 0.717) is 12.4 Å². The zero-order valence-electron chi connectivity index (χ0n) is 31.2. The summed E-state index contributed by atoms with van der Waals surface area (Å²) in [6.07, 6.45) is -7.22. The first kappa shape index (κ1) is 47.6. The maximum absolute atomic E-state index is 15.4. The number of rotatable bonds is 8. The molecular weight excluding hydrogens is 929 g/mol. The van der Waals surface area contributed by atoms with E-state index in [4.69, 9.17) is 9.84 Å². The third-order valence-electron chi connectivity index (χ3n) is 10.0. The molecule has 0 aliphatic rings. The number of aliphatic hydroxyl groups is 1. The molecule has 7 rings (SSSR count). The topological polar surface area (TPSA) is 33.3 Å². The maximum Gasteiger partial charge on any atom is 0.370 e. The van der Waals surface area contributed by atoms with Gasteiger partial charge in [-0.15, -0.1) is 21.9 Å². The summed E-state index contributed by atoms with van der Waals surface area (Å²) in [6, 6.07) is 22.2. The minimum Gasteiger partial charge on any atom is -0.417 e. The molecule has 0 bridgehead atoms. The van der Waals surface area contributed by atoms with Crippen LogP contribution in [0.25, 0.3) is 10.9 Å². The zero-order valence-corrected chi connectivity index (χ0v) is 31.2. The first-order valence-electron chi connectivity index (χ1n) is 17.5. The molecule has 340 valence electrons. The summed E-state index contributed by atoms with van der Waals surface area (Å²) in [7, 11) is 0. The van der Waals surface area contributed by atoms with Gasteiger partial charge >= 0.3 is 5.88 Å². The van der Waals surface area contributed by atoms with Crippen molar-refractivity contribution in [3.8, 4) is 5.88 Å². The van der Waals surface area contributed by atoms with E-state index in [0.717, 1.165) is 10.9 Å². The number of fused-ring (bicyclic) bond motifs is 1. The fraction of sp³-hybridized carbons (Fsp3) is 0.0488. The van der Waals surface area contributed by atoms with Crippen LogP contribution in [-0.2, 0) is 6.54 Å². The van der Waals surface area contributed by atoms with Gasteiger partial charge < -0.3 is 9.84 Å². The Kier molecular flexibility index (Phi) is 13.2. The van der Waals surface area contributed by atoms with Gasteiger partial charge in [-0.25, -0.2) is 87.8 Å². The van der Waals surface area contributed by atoms with Crippen molar-refractivity contribution in [3.05, 3.63) is 189 Å². The molecule has 65 heavy (non-hydrogen) atoms. The number of nitrogens with zero attached hydrogens (tertiary/aromatic N) is 1. The normalized spacial score (nSPS) is 11.6. The second kappa shape index (κ2) is 18.0. The van der Waals surface area contributed by atoms with Crippen LogP contribution in [0.5, 0.6) is 5.88 Å². The first-order chi connectivity index (χ1) is 30.6. The van der Waals surface area contributed by atoms with Crippen LogP contribution in [0.1, 0.15) is 5.56 Å². The highest BCUT2D eigenvalue weighted by atomic mass is 19.2. The summed E-state index contributed by atoms with van der Waals surface area (Å²) in [4.78, 5) is 0. The molecular formula is C41H16BF20NO2. The fourth-order valence-corrected chi connectivity index (χ4v) is 7.24. The van der Waals surface area contributed by atoms with Crippen molar-refractivity contribution < 1.29 is 102 Å². The van der Waals surface area contributed by atoms with Crippen LogP contribution in [0.2, 0.25) is 0 Å². The third kappa shape index (κ3) is 7.51. The van der Waals surface area contributed by atoms with Crippen LogP contribution in [0, 0.1) is 116 Å². The van der Waals surface area contributed by atoms with Gasteiger partial charge in [0.2, 0.25) is 5.52 Å². The second-order valence-corrected chi connectivity index (χ2v) is 13.4. The van der Waals surface area contributed by atoms with Crippen molar-refractivity contribution in [2.24, 2.45) is 0 Å². The van der Waals surface area contributed by atoms with E-state index in [2.05, 4.69) is 28.8 Å². The number of hydrogen-bond donors (Lipinski definition) is 1. The van der Waals surface area contributed by atoms with Crippen molar-refractivity contribution >= 4 is 38.9 Å². The van der Waals surface area contributed by atoms with E-state index in [1.54, 1.807) is 0 Å². The molecule has 6 aromatic carbocycles. The van der Waals surface area contributed by atoms with Gasteiger partial charge in [-0.3, -0.25) is 0 Å². The van der Waals surface area contributed by atoms with Crippen LogP contribution < -0.4 is 31.2 Å². The van der Waals surface area contributed by atoms with Crippen molar-refractivity contribution in [3.63, 3.8) is 0 Å². The van der Waals surface area contributed by atoms with E-state index in [-0.39, 0.29) is 6.79 Å². The molecule has 0 unspecified atom stereocenters. The predicted molar refractivity (Wildman–Crippen MR) is 187 cm³/mol. The van der Waals surface area contributed by atoms with Gasteiger partial charge in [0.15, 0.2) is 83.1 Å². The Hall–Kier alpha value is -6.85. The van der Waals surface area contributed by atoms with Crippen LogP contribution in [0.3, 0.4) is 0 Å². The average molecular weight is 945 g/mol. The van der Waals surface area contributed by atoms with Crippen molar-refractivity contribution in [1.29, 1.82) is 0 Å². The summed E-state index contributed by atoms with van der Waals surface area (Å²) in [5.41, 5.74) is -12.1. The maximum atomic E-state index is 15.4. The minimum absolute atomic E-state index is 0.326. The molecule has 0 aliphatic heterocycles. The third-order valence-corrected chi connectivity index (χ3v) is 10.0. The molecule has 0 atom stereocenters. The molecule has 0 saturated heterocycles. The Morgan fingerprint density at radius 2 is 0.646 bits per heavy atom. The lowest BCUT2D eigenvalue weighted by Gasteiger charge is -2.44. The highest BCUT2D eigenvalue weighted by molar-refractivity contribution is 7.20. The Bertz CT molecular complexity index is 2660. The van der Waals surface area contributed by atoms with E-state index in [1.807, 2.05) is 42.5 Å². The van der Waals surface area contributed by atoms with E-state index in [1.165, 1.54) is 5.56 Å². The Labute approximate surface area is 348 Å². The van der Waals surface area contributed by atoms with E-state index in [9.17, 15) is 52.7 Å². The minimum atomic E-state index is -7.22. The molecule has 3 nitrogen and oxygen atoms in total. The molecule has 24 heteroatoms. The van der Waals surface area contributed by atoms with Crippen LogP contribution in [-0.4, -0.2) is 18.0 Å². The second-order valence-electron chi connectivity index (χ2n) is 13.4. The molecule has 0 spiro atoms. The molecule has 1 N–H and O–H groups in total. The number of aromatic nitrogens is 1. The molecule has 0 amide bonds. The number of aliphatic hydroxyl groups excluding tert-OH is 1. The summed E-state index contributed by atoms with van der Waals surface area (Å²) in [6.45, 7) is 0.380. The Morgan fingerprint density at radius 3 is 0.969 bits per heavy atom. The fourth-order valence-electron chi connectivity index (χ4n) is 7.24. The summed E-state index contributed by atoms with van der Waals surface area (Å²) >= 11 is 0. The monoisotopic (exact) mass is 945 g/mol. The van der Waals surface area contributed by atoms with Crippen molar-refractivity contribution in [2.75, 3.05) is 6.79 Å². The molecule has 0 radical (unpaired) electrons. The molecule has 0 saturated carbocycles. The highest BCUT2D eigenvalue weighted by Crippen LogP contribution is 2.31. The highest BCUT2D eigenvalue weighted by Gasteiger charge is 2.52. The van der Waals surface area contributed by atoms with Crippen LogP contribution in [0.15, 0.2) is 66.7 Å². The SMILES string of the molecule is Fc1c(F)c(F)c([B-](c2c(F)c(F)c(F)c(F)c2F)(c2c(F)c(F)c(F)c(F)c2F)c2c(F)c(F)c(F)c(F)c2F)c(F)c1F.OCOc1ccc2ccccc2[n+]1Cc1ccccc1. The molecule has 7 aromatic rings. The van der Waals surface area contributed by atoms with Gasteiger partial charge in [0.05, 0.1) is 6.07 Å². The van der Waals surface area contributed by atoms with Gasteiger partial charge in [0, 0.05) is 17.0 Å². The van der Waals surface area contributed by atoms with Gasteiger partial charge in [-0.2, -0.15) is 4.57 Å². The smallest absolute Gasteiger partial charge is 0.370 e. The lowest BCUT2D eigenvalue weighted by atomic mass is 9.12. The van der Waals surface area contributed by atoms with Crippen LogP contribution >= 0.6 is 0 Å². The van der Waals surface area contributed by atoms with Gasteiger partial charge in [-0.05, 0) is 12.1 Å². The standard InChI is InChI=1S/C24BF20.C17H16NO2/c26-5-1(6(27)14(35)21(42)13(5)34)25(2-7(28)15(36)22(43)16(37)8(2)29,3-9(30)17(38)23(44)18(39)10(3)31)4-11(32)19(40)24(45)20(41)12(4)33;19-13-20-17-11-10-15-8-4-5-9-16(15)18(17)12-14-6-2-1-3-7-14/h;1-11,19H,12-13H2/q-1;+1. The molecule has 1 heterocycles. The van der Waals surface area contributed by atoms with E-state index < -0.39 is 144 Å². The van der Waals surface area contributed by atoms with Gasteiger partial charge in [0.25, 0.3) is 0 Å². The zero-order chi connectivity index (χ0) is 48.1. The van der Waals surface area contributed by atoms with Gasteiger partial charge in [-0.1, -0.05) is 42.5 Å². The van der Waals surface area contributed by atoms with E-state index >= 15 is 35.1 Å². The molecule has 0 aliphatic carbocycles. The first-order valence-corrected chi connectivity index (χ1v) is 17.5. The van der Waals surface area contributed by atoms with Crippen molar-refractivity contribution in [2.45, 2.75) is 6.54 Å². The summed E-state index contributed by atoms with van der Waals surface area (Å²) < 4.78 is 301. The van der Waals surface area contributed by atoms with Gasteiger partial charge in [0.1, 0.15) is 52.7 Å². The average Bonchev–Trinajstić information content (AvgIpc) is 3.30.